The Morgan fingerprint density at radius 3 is 2.89 bits per heavy atom. The van der Waals surface area contributed by atoms with Crippen LogP contribution in [0.25, 0.3) is 0 Å². The third kappa shape index (κ3) is 4.12. The first-order chi connectivity index (χ1) is 8.52. The van der Waals surface area contributed by atoms with Crippen LogP contribution in [0.2, 0.25) is 0 Å². The van der Waals surface area contributed by atoms with E-state index in [1.165, 1.54) is 12.3 Å². The molecule has 0 saturated carbocycles. The molecule has 0 aliphatic rings. The Bertz CT molecular complexity index is 437. The third-order valence-electron chi connectivity index (χ3n) is 2.54. The average Bonchev–Trinajstić information content (AvgIpc) is 2.34. The average molecular weight is 254 g/mol. The second-order valence-electron chi connectivity index (χ2n) is 3.99. The van der Waals surface area contributed by atoms with Gasteiger partial charge in [-0.05, 0) is 18.9 Å². The molecule has 98 valence electrons. The first-order valence-corrected chi connectivity index (χ1v) is 5.63. The van der Waals surface area contributed by atoms with Crippen molar-refractivity contribution in [2.45, 2.75) is 19.8 Å². The molecule has 2 N–H and O–H groups in total. The normalized spacial score (nSPS) is 11.9. The molecule has 1 aromatic heterocycles. The summed E-state index contributed by atoms with van der Waals surface area (Å²) in [6.07, 6.45) is 3.31. The Hall–Kier alpha value is -1.98. The van der Waals surface area contributed by atoms with Crippen LogP contribution in [-0.2, 0) is 4.79 Å². The summed E-state index contributed by atoms with van der Waals surface area (Å²) in [4.78, 5) is 25.6. The summed E-state index contributed by atoms with van der Waals surface area (Å²) in [7, 11) is 0. The highest BCUT2D eigenvalue weighted by molar-refractivity contribution is 5.94. The molecule has 1 aromatic rings. The minimum Gasteiger partial charge on any atom is -0.481 e. The second kappa shape index (κ2) is 6.68. The van der Waals surface area contributed by atoms with E-state index in [1.807, 2.05) is 0 Å². The van der Waals surface area contributed by atoms with Gasteiger partial charge in [0.15, 0.2) is 5.82 Å². The Kier molecular flexibility index (Phi) is 5.23. The van der Waals surface area contributed by atoms with Gasteiger partial charge in [-0.15, -0.1) is 0 Å². The molecule has 0 spiro atoms. The fourth-order valence-corrected chi connectivity index (χ4v) is 1.39. The van der Waals surface area contributed by atoms with E-state index >= 15 is 0 Å². The molecule has 18 heavy (non-hydrogen) atoms. The van der Waals surface area contributed by atoms with E-state index in [0.717, 1.165) is 6.20 Å². The monoisotopic (exact) mass is 254 g/mol. The van der Waals surface area contributed by atoms with E-state index in [1.54, 1.807) is 6.92 Å². The van der Waals surface area contributed by atoms with Crippen molar-refractivity contribution in [3.8, 4) is 0 Å². The zero-order valence-electron chi connectivity index (χ0n) is 10.0. The molecule has 0 aromatic carbocycles. The molecule has 0 aliphatic carbocycles. The predicted octanol–water partition coefficient (Wildman–Crippen LogP) is 1.45. The molecule has 0 saturated heterocycles. The topological polar surface area (TPSA) is 79.3 Å². The molecule has 1 unspecified atom stereocenters. The molecule has 1 amide bonds. The van der Waals surface area contributed by atoms with Gasteiger partial charge in [-0.1, -0.05) is 6.92 Å². The molecule has 1 heterocycles. The predicted molar refractivity (Wildman–Crippen MR) is 62.6 cm³/mol. The summed E-state index contributed by atoms with van der Waals surface area (Å²) in [6.45, 7) is 1.92. The molecular formula is C12H15FN2O3. The summed E-state index contributed by atoms with van der Waals surface area (Å²) in [5.41, 5.74) is -0.0590. The van der Waals surface area contributed by atoms with Crippen molar-refractivity contribution in [2.24, 2.45) is 5.92 Å². The van der Waals surface area contributed by atoms with Gasteiger partial charge < -0.3 is 10.4 Å². The number of rotatable bonds is 6. The number of carboxylic acids is 1. The quantitative estimate of drug-likeness (QED) is 0.753. The minimum absolute atomic E-state index is 0.0590. The molecule has 5 nitrogen and oxygen atoms in total. The second-order valence-corrected chi connectivity index (χ2v) is 3.99. The third-order valence-corrected chi connectivity index (χ3v) is 2.54. The van der Waals surface area contributed by atoms with Crippen molar-refractivity contribution in [3.05, 3.63) is 29.8 Å². The first kappa shape index (κ1) is 14.1. The number of aromatic nitrogens is 1. The Balaban J connectivity index is 2.34. The van der Waals surface area contributed by atoms with E-state index in [4.69, 9.17) is 5.11 Å². The molecule has 6 heteroatoms. The van der Waals surface area contributed by atoms with Crippen LogP contribution in [0.4, 0.5) is 4.39 Å². The Morgan fingerprint density at radius 2 is 2.28 bits per heavy atom. The number of nitrogens with zero attached hydrogens (tertiary/aromatic N) is 1. The Morgan fingerprint density at radius 1 is 1.56 bits per heavy atom. The molecule has 0 fully saturated rings. The number of hydrogen-bond acceptors (Lipinski definition) is 3. The zero-order chi connectivity index (χ0) is 13.5. The van der Waals surface area contributed by atoms with Gasteiger partial charge in [-0.2, -0.15) is 0 Å². The van der Waals surface area contributed by atoms with Crippen molar-refractivity contribution in [2.75, 3.05) is 6.54 Å². The van der Waals surface area contributed by atoms with Crippen molar-refractivity contribution in [3.63, 3.8) is 0 Å². The molecule has 1 atom stereocenters. The van der Waals surface area contributed by atoms with E-state index in [9.17, 15) is 14.0 Å². The standard InChI is InChI=1S/C12H15FN2O3/c1-8(12(17)18)3-2-5-15-11(16)9-4-6-14-7-10(9)13/h4,6-8H,2-3,5H2,1H3,(H,15,16)(H,17,18). The smallest absolute Gasteiger partial charge is 0.306 e. The number of hydrogen-bond donors (Lipinski definition) is 2. The van der Waals surface area contributed by atoms with E-state index < -0.39 is 23.6 Å². The van der Waals surface area contributed by atoms with Crippen LogP contribution in [0, 0.1) is 11.7 Å². The number of nitrogens with one attached hydrogen (secondary N) is 1. The highest BCUT2D eigenvalue weighted by atomic mass is 19.1. The lowest BCUT2D eigenvalue weighted by Gasteiger charge is -2.07. The summed E-state index contributed by atoms with van der Waals surface area (Å²) >= 11 is 0. The maximum absolute atomic E-state index is 13.2. The maximum Gasteiger partial charge on any atom is 0.306 e. The summed E-state index contributed by atoms with van der Waals surface area (Å²) in [6, 6.07) is 1.30. The lowest BCUT2D eigenvalue weighted by atomic mass is 10.1. The number of pyridine rings is 1. The largest absolute Gasteiger partial charge is 0.481 e. The lowest BCUT2D eigenvalue weighted by molar-refractivity contribution is -0.141. The molecular weight excluding hydrogens is 239 g/mol. The van der Waals surface area contributed by atoms with Gasteiger partial charge in [0.25, 0.3) is 5.91 Å². The van der Waals surface area contributed by atoms with Crippen molar-refractivity contribution in [1.29, 1.82) is 0 Å². The van der Waals surface area contributed by atoms with Gasteiger partial charge in [0.1, 0.15) is 0 Å². The summed E-state index contributed by atoms with van der Waals surface area (Å²) in [5, 5.41) is 11.2. The summed E-state index contributed by atoms with van der Waals surface area (Å²) < 4.78 is 13.2. The maximum atomic E-state index is 13.2. The fourth-order valence-electron chi connectivity index (χ4n) is 1.39. The van der Waals surface area contributed by atoms with Crippen LogP contribution in [-0.4, -0.2) is 28.5 Å². The molecule has 1 rings (SSSR count). The van der Waals surface area contributed by atoms with Crippen molar-refractivity contribution < 1.29 is 19.1 Å². The van der Waals surface area contributed by atoms with Crippen LogP contribution in [0.5, 0.6) is 0 Å². The van der Waals surface area contributed by atoms with Gasteiger partial charge in [0, 0.05) is 12.7 Å². The van der Waals surface area contributed by atoms with E-state index in [2.05, 4.69) is 10.3 Å². The number of amides is 1. The Labute approximate surface area is 104 Å². The minimum atomic E-state index is -0.860. The van der Waals surface area contributed by atoms with Crippen LogP contribution in [0.3, 0.4) is 0 Å². The molecule has 0 aliphatic heterocycles. The van der Waals surface area contributed by atoms with Crippen LogP contribution < -0.4 is 5.32 Å². The summed E-state index contributed by atoms with van der Waals surface area (Å²) in [5.74, 6) is -2.49. The number of carboxylic acid groups (broad SMARTS) is 1. The van der Waals surface area contributed by atoms with Gasteiger partial charge in [0.05, 0.1) is 17.7 Å². The number of halogens is 1. The lowest BCUT2D eigenvalue weighted by Crippen LogP contribution is -2.26. The SMILES string of the molecule is CC(CCCNC(=O)c1ccncc1F)C(=O)O. The van der Waals surface area contributed by atoms with E-state index in [0.29, 0.717) is 19.4 Å². The number of carbonyl (C=O) groups is 2. The fraction of sp³-hybridized carbons (Fsp3) is 0.417. The van der Waals surface area contributed by atoms with Crippen molar-refractivity contribution in [1.82, 2.24) is 10.3 Å². The van der Waals surface area contributed by atoms with Gasteiger partial charge in [0.2, 0.25) is 0 Å². The van der Waals surface area contributed by atoms with Crippen molar-refractivity contribution >= 4 is 11.9 Å². The number of aliphatic carboxylic acids is 1. The van der Waals surface area contributed by atoms with Crippen LogP contribution in [0.1, 0.15) is 30.1 Å². The van der Waals surface area contributed by atoms with Crippen LogP contribution >= 0.6 is 0 Å². The van der Waals surface area contributed by atoms with Gasteiger partial charge >= 0.3 is 5.97 Å². The number of carbonyl (C=O) groups excluding carboxylic acids is 1. The molecule has 0 bridgehead atoms. The van der Waals surface area contributed by atoms with Crippen LogP contribution in [0.15, 0.2) is 18.5 Å². The van der Waals surface area contributed by atoms with Gasteiger partial charge in [-0.25, -0.2) is 4.39 Å². The molecule has 0 radical (unpaired) electrons. The van der Waals surface area contributed by atoms with E-state index in [-0.39, 0.29) is 5.56 Å². The highest BCUT2D eigenvalue weighted by Gasteiger charge is 2.12. The first-order valence-electron chi connectivity index (χ1n) is 5.63. The highest BCUT2D eigenvalue weighted by Crippen LogP contribution is 2.06. The zero-order valence-corrected chi connectivity index (χ0v) is 10.0. The van der Waals surface area contributed by atoms with Gasteiger partial charge in [-0.3, -0.25) is 14.6 Å².